The molecule has 0 amide bonds. The van der Waals surface area contributed by atoms with Crippen LogP contribution in [-0.4, -0.2) is 24.0 Å². The van der Waals surface area contributed by atoms with Gasteiger partial charge in [0, 0.05) is 17.6 Å². The lowest BCUT2D eigenvalue weighted by atomic mass is 9.98. The van der Waals surface area contributed by atoms with Gasteiger partial charge in [-0.05, 0) is 32.0 Å². The van der Waals surface area contributed by atoms with Crippen LogP contribution in [0.3, 0.4) is 0 Å². The van der Waals surface area contributed by atoms with E-state index in [-0.39, 0.29) is 18.0 Å². The summed E-state index contributed by atoms with van der Waals surface area (Å²) in [6.07, 6.45) is 0. The van der Waals surface area contributed by atoms with Crippen molar-refractivity contribution < 1.29 is 0 Å². The van der Waals surface area contributed by atoms with Crippen LogP contribution in [0.5, 0.6) is 0 Å². The van der Waals surface area contributed by atoms with Crippen LogP contribution in [0, 0.1) is 17.2 Å². The van der Waals surface area contributed by atoms with Gasteiger partial charge in [0.15, 0.2) is 0 Å². The van der Waals surface area contributed by atoms with Gasteiger partial charge >= 0.3 is 0 Å². The molecule has 19 heavy (non-hydrogen) atoms. The molecular weight excluding hydrogens is 258 g/mol. The SMILES string of the molecule is CCN(CC(C)C#N)C(c1ccccc1Cl)C(C)N. The molecule has 3 atom stereocenters. The van der Waals surface area contributed by atoms with Crippen molar-refractivity contribution in [2.75, 3.05) is 13.1 Å². The number of nitrogens with zero attached hydrogens (tertiary/aromatic N) is 2. The summed E-state index contributed by atoms with van der Waals surface area (Å²) in [4.78, 5) is 2.22. The summed E-state index contributed by atoms with van der Waals surface area (Å²) in [5, 5.41) is 9.72. The molecule has 1 aromatic carbocycles. The van der Waals surface area contributed by atoms with Gasteiger partial charge in [0.2, 0.25) is 0 Å². The van der Waals surface area contributed by atoms with Gasteiger partial charge in [-0.2, -0.15) is 5.26 Å². The van der Waals surface area contributed by atoms with E-state index in [1.54, 1.807) is 0 Å². The van der Waals surface area contributed by atoms with E-state index >= 15 is 0 Å². The van der Waals surface area contributed by atoms with Crippen molar-refractivity contribution >= 4 is 11.6 Å². The summed E-state index contributed by atoms with van der Waals surface area (Å²) in [7, 11) is 0. The van der Waals surface area contributed by atoms with Crippen LogP contribution < -0.4 is 5.73 Å². The van der Waals surface area contributed by atoms with Crippen LogP contribution in [-0.2, 0) is 0 Å². The molecule has 3 nitrogen and oxygen atoms in total. The number of nitriles is 1. The first-order valence-electron chi connectivity index (χ1n) is 6.64. The molecule has 0 aliphatic rings. The number of halogens is 1. The van der Waals surface area contributed by atoms with Crippen molar-refractivity contribution in [2.45, 2.75) is 32.9 Å². The van der Waals surface area contributed by atoms with E-state index in [9.17, 15) is 0 Å². The molecule has 0 saturated carbocycles. The van der Waals surface area contributed by atoms with Gasteiger partial charge in [0.05, 0.1) is 18.0 Å². The Kier molecular flexibility index (Phi) is 6.30. The molecule has 104 valence electrons. The summed E-state index contributed by atoms with van der Waals surface area (Å²) in [5.74, 6) is -0.0244. The smallest absolute Gasteiger partial charge is 0.0666 e. The third-order valence-corrected chi connectivity index (χ3v) is 3.59. The molecular formula is C15H22ClN3. The number of rotatable bonds is 6. The van der Waals surface area contributed by atoms with Crippen LogP contribution in [0.25, 0.3) is 0 Å². The molecule has 0 bridgehead atoms. The van der Waals surface area contributed by atoms with E-state index < -0.39 is 0 Å². The Bertz CT molecular complexity index is 439. The van der Waals surface area contributed by atoms with Crippen molar-refractivity contribution in [1.82, 2.24) is 4.90 Å². The Morgan fingerprint density at radius 2 is 2.00 bits per heavy atom. The summed E-state index contributed by atoms with van der Waals surface area (Å²) in [6.45, 7) is 7.52. The Balaban J connectivity index is 3.06. The van der Waals surface area contributed by atoms with E-state index in [2.05, 4.69) is 17.9 Å². The molecule has 0 radical (unpaired) electrons. The molecule has 1 aromatic rings. The van der Waals surface area contributed by atoms with E-state index in [1.807, 2.05) is 38.1 Å². The fourth-order valence-electron chi connectivity index (χ4n) is 2.36. The Labute approximate surface area is 121 Å². The Morgan fingerprint density at radius 3 is 2.47 bits per heavy atom. The largest absolute Gasteiger partial charge is 0.326 e. The maximum atomic E-state index is 8.99. The molecule has 0 heterocycles. The highest BCUT2D eigenvalue weighted by atomic mass is 35.5. The minimum Gasteiger partial charge on any atom is -0.326 e. The molecule has 0 saturated heterocycles. The summed E-state index contributed by atoms with van der Waals surface area (Å²) in [5.41, 5.74) is 7.18. The van der Waals surface area contributed by atoms with Crippen molar-refractivity contribution in [1.29, 1.82) is 5.26 Å². The Hall–Kier alpha value is -1.08. The van der Waals surface area contributed by atoms with Gasteiger partial charge in [-0.1, -0.05) is 36.7 Å². The second kappa shape index (κ2) is 7.49. The third kappa shape index (κ3) is 4.21. The lowest BCUT2D eigenvalue weighted by Crippen LogP contribution is -2.41. The zero-order valence-corrected chi connectivity index (χ0v) is 12.6. The van der Waals surface area contributed by atoms with Gasteiger partial charge in [-0.3, -0.25) is 4.90 Å². The van der Waals surface area contributed by atoms with E-state index in [0.29, 0.717) is 6.54 Å². The van der Waals surface area contributed by atoms with E-state index in [1.165, 1.54) is 0 Å². The first-order valence-corrected chi connectivity index (χ1v) is 7.02. The van der Waals surface area contributed by atoms with Crippen molar-refractivity contribution in [3.63, 3.8) is 0 Å². The van der Waals surface area contributed by atoms with Gasteiger partial charge in [-0.15, -0.1) is 0 Å². The number of hydrogen-bond donors (Lipinski definition) is 1. The van der Waals surface area contributed by atoms with Crippen molar-refractivity contribution in [2.24, 2.45) is 11.7 Å². The van der Waals surface area contributed by atoms with Crippen molar-refractivity contribution in [3.05, 3.63) is 34.9 Å². The minimum absolute atomic E-state index is 0.0244. The number of hydrogen-bond acceptors (Lipinski definition) is 3. The highest BCUT2D eigenvalue weighted by molar-refractivity contribution is 6.31. The molecule has 0 spiro atoms. The number of likely N-dealkylation sites (N-methyl/N-ethyl adjacent to an activating group) is 1. The second-order valence-electron chi connectivity index (χ2n) is 4.94. The molecule has 0 aliphatic carbocycles. The molecule has 0 aromatic heterocycles. The lowest BCUT2D eigenvalue weighted by Gasteiger charge is -2.35. The summed E-state index contributed by atoms with van der Waals surface area (Å²) < 4.78 is 0. The minimum atomic E-state index is -0.0502. The van der Waals surface area contributed by atoms with Crippen LogP contribution >= 0.6 is 11.6 Å². The van der Waals surface area contributed by atoms with Gasteiger partial charge < -0.3 is 5.73 Å². The van der Waals surface area contributed by atoms with Gasteiger partial charge in [0.25, 0.3) is 0 Å². The standard InChI is InChI=1S/C15H22ClN3/c1-4-19(10-11(2)9-17)15(12(3)18)13-7-5-6-8-14(13)16/h5-8,11-12,15H,4,10,18H2,1-3H3. The van der Waals surface area contributed by atoms with Crippen LogP contribution in [0.1, 0.15) is 32.4 Å². The first kappa shape index (κ1) is 16.0. The van der Waals surface area contributed by atoms with Crippen LogP contribution in [0.15, 0.2) is 24.3 Å². The molecule has 2 N–H and O–H groups in total. The third-order valence-electron chi connectivity index (χ3n) is 3.25. The maximum absolute atomic E-state index is 8.99. The highest BCUT2D eigenvalue weighted by Crippen LogP contribution is 2.29. The zero-order valence-electron chi connectivity index (χ0n) is 11.8. The quantitative estimate of drug-likeness (QED) is 0.870. The van der Waals surface area contributed by atoms with Crippen LogP contribution in [0.2, 0.25) is 5.02 Å². The maximum Gasteiger partial charge on any atom is 0.0666 e. The van der Waals surface area contributed by atoms with Gasteiger partial charge in [-0.25, -0.2) is 0 Å². The molecule has 4 heteroatoms. The van der Waals surface area contributed by atoms with Gasteiger partial charge in [0.1, 0.15) is 0 Å². The van der Waals surface area contributed by atoms with Crippen LogP contribution in [0.4, 0.5) is 0 Å². The molecule has 1 rings (SSSR count). The predicted octanol–water partition coefficient (Wildman–Crippen LogP) is 3.21. The summed E-state index contributed by atoms with van der Waals surface area (Å²) >= 11 is 6.29. The molecule has 0 fully saturated rings. The number of nitrogens with two attached hydrogens (primary N) is 1. The Morgan fingerprint density at radius 1 is 1.37 bits per heavy atom. The zero-order chi connectivity index (χ0) is 14.4. The second-order valence-corrected chi connectivity index (χ2v) is 5.35. The first-order chi connectivity index (χ1) is 9.01. The number of benzene rings is 1. The molecule has 3 unspecified atom stereocenters. The summed E-state index contributed by atoms with van der Waals surface area (Å²) in [6, 6.07) is 10.0. The highest BCUT2D eigenvalue weighted by Gasteiger charge is 2.25. The average Bonchev–Trinajstić information content (AvgIpc) is 2.39. The van der Waals surface area contributed by atoms with E-state index in [4.69, 9.17) is 22.6 Å². The topological polar surface area (TPSA) is 53.0 Å². The fourth-order valence-corrected chi connectivity index (χ4v) is 2.61. The monoisotopic (exact) mass is 279 g/mol. The predicted molar refractivity (Wildman–Crippen MR) is 79.9 cm³/mol. The molecule has 0 aliphatic heterocycles. The fraction of sp³-hybridized carbons (Fsp3) is 0.533. The van der Waals surface area contributed by atoms with Crippen molar-refractivity contribution in [3.8, 4) is 6.07 Å². The normalized spacial score (nSPS) is 15.8. The van der Waals surface area contributed by atoms with E-state index in [0.717, 1.165) is 17.1 Å². The lowest BCUT2D eigenvalue weighted by molar-refractivity contribution is 0.173. The average molecular weight is 280 g/mol.